The van der Waals surface area contributed by atoms with Crippen molar-refractivity contribution in [3.05, 3.63) is 17.9 Å². The van der Waals surface area contributed by atoms with Gasteiger partial charge in [-0.15, -0.1) is 0 Å². The lowest BCUT2D eigenvalue weighted by atomic mass is 10.1. The van der Waals surface area contributed by atoms with Crippen LogP contribution in [0.3, 0.4) is 0 Å². The van der Waals surface area contributed by atoms with Crippen LogP contribution in [0.25, 0.3) is 0 Å². The first kappa shape index (κ1) is 11.6. The van der Waals surface area contributed by atoms with Crippen LogP contribution in [0.4, 0.5) is 5.88 Å². The second kappa shape index (κ2) is 4.87. The first-order chi connectivity index (χ1) is 7.00. The summed E-state index contributed by atoms with van der Waals surface area (Å²) in [6.45, 7) is 5.17. The van der Waals surface area contributed by atoms with E-state index in [0.29, 0.717) is 11.8 Å². The molecule has 0 saturated carbocycles. The van der Waals surface area contributed by atoms with Crippen LogP contribution in [-0.4, -0.2) is 24.7 Å². The number of carboxylic acids is 1. The zero-order valence-corrected chi connectivity index (χ0v) is 9.36. The topological polar surface area (TPSA) is 53.7 Å². The Kier molecular flexibility index (Phi) is 3.77. The highest BCUT2D eigenvalue weighted by Gasteiger charge is 2.11. The van der Waals surface area contributed by atoms with Gasteiger partial charge in [-0.2, -0.15) is 0 Å². The van der Waals surface area contributed by atoms with E-state index in [4.69, 9.17) is 9.52 Å². The number of hydrogen-bond acceptors (Lipinski definition) is 3. The summed E-state index contributed by atoms with van der Waals surface area (Å²) in [7, 11) is 1.90. The van der Waals surface area contributed by atoms with E-state index >= 15 is 0 Å². The molecule has 0 aliphatic carbocycles. The Morgan fingerprint density at radius 3 is 2.67 bits per heavy atom. The van der Waals surface area contributed by atoms with Crippen LogP contribution in [0.15, 0.2) is 16.5 Å². The number of rotatable bonds is 5. The molecule has 4 nitrogen and oxygen atoms in total. The lowest BCUT2D eigenvalue weighted by molar-refractivity contribution is 0.0663. The maximum absolute atomic E-state index is 10.6. The molecule has 0 aliphatic heterocycles. The Morgan fingerprint density at radius 2 is 2.20 bits per heavy atom. The highest BCUT2D eigenvalue weighted by Crippen LogP contribution is 2.18. The molecule has 0 aromatic carbocycles. The molecule has 1 aromatic heterocycles. The monoisotopic (exact) mass is 211 g/mol. The molecule has 15 heavy (non-hydrogen) atoms. The van der Waals surface area contributed by atoms with Crippen LogP contribution in [0, 0.1) is 5.92 Å². The van der Waals surface area contributed by atoms with E-state index in [2.05, 4.69) is 13.8 Å². The second-order valence-electron chi connectivity index (χ2n) is 4.05. The van der Waals surface area contributed by atoms with Gasteiger partial charge >= 0.3 is 5.97 Å². The molecule has 1 aromatic rings. The molecular weight excluding hydrogens is 194 g/mol. The molecule has 0 bridgehead atoms. The third-order valence-electron chi connectivity index (χ3n) is 2.22. The summed E-state index contributed by atoms with van der Waals surface area (Å²) < 4.78 is 5.17. The molecule has 0 fully saturated rings. The summed E-state index contributed by atoms with van der Waals surface area (Å²) in [5, 5.41) is 8.69. The van der Waals surface area contributed by atoms with Gasteiger partial charge < -0.3 is 14.4 Å². The van der Waals surface area contributed by atoms with Crippen LogP contribution < -0.4 is 4.90 Å². The predicted octanol–water partition coefficient (Wildman–Crippen LogP) is 2.46. The van der Waals surface area contributed by atoms with Crippen LogP contribution in [-0.2, 0) is 0 Å². The number of nitrogens with zero attached hydrogens (tertiary/aromatic N) is 1. The second-order valence-corrected chi connectivity index (χ2v) is 4.05. The summed E-state index contributed by atoms with van der Waals surface area (Å²) >= 11 is 0. The molecule has 1 rings (SSSR count). The van der Waals surface area contributed by atoms with Crippen molar-refractivity contribution in [3.63, 3.8) is 0 Å². The number of furan rings is 1. The van der Waals surface area contributed by atoms with Crippen LogP contribution in [0.2, 0.25) is 0 Å². The van der Waals surface area contributed by atoms with Crippen molar-refractivity contribution in [1.29, 1.82) is 0 Å². The molecule has 84 valence electrons. The van der Waals surface area contributed by atoms with E-state index < -0.39 is 5.97 Å². The van der Waals surface area contributed by atoms with Gasteiger partial charge in [0.2, 0.25) is 5.76 Å². The summed E-state index contributed by atoms with van der Waals surface area (Å²) in [5.74, 6) is 0.189. The van der Waals surface area contributed by atoms with Gasteiger partial charge in [0.15, 0.2) is 5.88 Å². The number of anilines is 1. The fraction of sp³-hybridized carbons (Fsp3) is 0.545. The Morgan fingerprint density at radius 1 is 1.53 bits per heavy atom. The lowest BCUT2D eigenvalue weighted by Gasteiger charge is -2.16. The molecule has 0 spiro atoms. The van der Waals surface area contributed by atoms with E-state index in [1.54, 1.807) is 6.07 Å². The molecule has 0 aliphatic rings. The van der Waals surface area contributed by atoms with Crippen molar-refractivity contribution >= 4 is 11.9 Å². The maximum Gasteiger partial charge on any atom is 0.371 e. The lowest BCUT2D eigenvalue weighted by Crippen LogP contribution is -2.19. The van der Waals surface area contributed by atoms with Crippen molar-refractivity contribution in [1.82, 2.24) is 0 Å². The van der Waals surface area contributed by atoms with Crippen molar-refractivity contribution < 1.29 is 14.3 Å². The van der Waals surface area contributed by atoms with Gasteiger partial charge in [0.1, 0.15) is 0 Å². The molecular formula is C11H17NO3. The zero-order valence-electron chi connectivity index (χ0n) is 9.36. The molecule has 0 unspecified atom stereocenters. The van der Waals surface area contributed by atoms with Crippen molar-refractivity contribution in [2.24, 2.45) is 5.92 Å². The maximum atomic E-state index is 10.6. The van der Waals surface area contributed by atoms with Crippen molar-refractivity contribution in [2.75, 3.05) is 18.5 Å². The highest BCUT2D eigenvalue weighted by molar-refractivity contribution is 5.84. The minimum atomic E-state index is -1.03. The normalized spacial score (nSPS) is 10.7. The Labute approximate surface area is 89.5 Å². The average molecular weight is 211 g/mol. The van der Waals surface area contributed by atoms with Gasteiger partial charge in [-0.05, 0) is 18.4 Å². The molecule has 0 amide bonds. The van der Waals surface area contributed by atoms with Gasteiger partial charge in [-0.25, -0.2) is 4.79 Å². The first-order valence-corrected chi connectivity index (χ1v) is 5.05. The van der Waals surface area contributed by atoms with Crippen LogP contribution in [0.5, 0.6) is 0 Å². The molecule has 0 saturated heterocycles. The number of aromatic carboxylic acids is 1. The molecule has 4 heteroatoms. The van der Waals surface area contributed by atoms with E-state index in [1.165, 1.54) is 6.07 Å². The third-order valence-corrected chi connectivity index (χ3v) is 2.22. The van der Waals surface area contributed by atoms with Gasteiger partial charge in [-0.1, -0.05) is 13.8 Å². The Bertz CT molecular complexity index is 330. The van der Waals surface area contributed by atoms with E-state index in [1.807, 2.05) is 11.9 Å². The predicted molar refractivity (Wildman–Crippen MR) is 58.4 cm³/mol. The van der Waals surface area contributed by atoms with Crippen LogP contribution >= 0.6 is 0 Å². The van der Waals surface area contributed by atoms with E-state index in [0.717, 1.165) is 13.0 Å². The van der Waals surface area contributed by atoms with Crippen LogP contribution in [0.1, 0.15) is 30.8 Å². The van der Waals surface area contributed by atoms with Gasteiger partial charge in [0, 0.05) is 19.7 Å². The number of carbonyl (C=O) groups is 1. The van der Waals surface area contributed by atoms with Crippen molar-refractivity contribution in [2.45, 2.75) is 20.3 Å². The SMILES string of the molecule is CC(C)CCN(C)c1ccc(C(=O)O)o1. The van der Waals surface area contributed by atoms with E-state index in [-0.39, 0.29) is 5.76 Å². The third kappa shape index (κ3) is 3.31. The highest BCUT2D eigenvalue weighted by atomic mass is 16.4. The molecule has 0 radical (unpaired) electrons. The van der Waals surface area contributed by atoms with Gasteiger partial charge in [0.25, 0.3) is 0 Å². The summed E-state index contributed by atoms with van der Waals surface area (Å²) in [5.41, 5.74) is 0. The Balaban J connectivity index is 2.58. The molecule has 1 N–H and O–H groups in total. The van der Waals surface area contributed by atoms with Gasteiger partial charge in [-0.3, -0.25) is 0 Å². The fourth-order valence-corrected chi connectivity index (χ4v) is 1.21. The number of carboxylic acid groups (broad SMARTS) is 1. The smallest absolute Gasteiger partial charge is 0.371 e. The average Bonchev–Trinajstić information content (AvgIpc) is 2.62. The standard InChI is InChI=1S/C11H17NO3/c1-8(2)6-7-12(3)10-5-4-9(15-10)11(13)14/h4-5,8H,6-7H2,1-3H3,(H,13,14). The van der Waals surface area contributed by atoms with Gasteiger partial charge in [0.05, 0.1) is 0 Å². The largest absolute Gasteiger partial charge is 0.475 e. The Hall–Kier alpha value is -1.45. The number of hydrogen-bond donors (Lipinski definition) is 1. The zero-order chi connectivity index (χ0) is 11.4. The minimum absolute atomic E-state index is 0.0126. The summed E-state index contributed by atoms with van der Waals surface area (Å²) in [4.78, 5) is 12.5. The van der Waals surface area contributed by atoms with Crippen molar-refractivity contribution in [3.8, 4) is 0 Å². The summed E-state index contributed by atoms with van der Waals surface area (Å²) in [6, 6.07) is 3.16. The minimum Gasteiger partial charge on any atom is -0.475 e. The first-order valence-electron chi connectivity index (χ1n) is 5.05. The summed E-state index contributed by atoms with van der Waals surface area (Å²) in [6.07, 6.45) is 1.06. The van der Waals surface area contributed by atoms with E-state index in [9.17, 15) is 4.79 Å². The molecule has 1 heterocycles. The fourth-order valence-electron chi connectivity index (χ4n) is 1.21. The molecule has 0 atom stereocenters. The quantitative estimate of drug-likeness (QED) is 0.812.